The van der Waals surface area contributed by atoms with E-state index in [4.69, 9.17) is 0 Å². The van der Waals surface area contributed by atoms with E-state index >= 15 is 0 Å². The summed E-state index contributed by atoms with van der Waals surface area (Å²) in [5.41, 5.74) is 2.37. The molecule has 0 fully saturated rings. The van der Waals surface area contributed by atoms with Crippen molar-refractivity contribution in [2.24, 2.45) is 0 Å². The van der Waals surface area contributed by atoms with Crippen molar-refractivity contribution in [3.05, 3.63) is 33.8 Å². The number of amides is 1. The van der Waals surface area contributed by atoms with Gasteiger partial charge in [0, 0.05) is 18.3 Å². The molecule has 0 bridgehead atoms. The Kier molecular flexibility index (Phi) is 4.04. The lowest BCUT2D eigenvalue weighted by Crippen LogP contribution is -2.27. The van der Waals surface area contributed by atoms with Crippen molar-refractivity contribution in [2.45, 2.75) is 33.4 Å². The summed E-state index contributed by atoms with van der Waals surface area (Å²) in [6.45, 7) is 6.72. The molecule has 7 heteroatoms. The van der Waals surface area contributed by atoms with Gasteiger partial charge in [0.2, 0.25) is 0 Å². The van der Waals surface area contributed by atoms with Gasteiger partial charge in [0.25, 0.3) is 5.91 Å². The van der Waals surface area contributed by atoms with Gasteiger partial charge in [-0.15, -0.1) is 0 Å². The fourth-order valence-corrected chi connectivity index (χ4v) is 2.27. The van der Waals surface area contributed by atoms with E-state index in [0.29, 0.717) is 10.2 Å². The zero-order chi connectivity index (χ0) is 14.0. The quantitative estimate of drug-likeness (QED) is 0.904. The normalized spacial score (nSPS) is 12.4. The summed E-state index contributed by atoms with van der Waals surface area (Å²) in [6.07, 6.45) is 3.52. The van der Waals surface area contributed by atoms with E-state index in [1.807, 2.05) is 31.6 Å². The van der Waals surface area contributed by atoms with Crippen molar-refractivity contribution in [3.63, 3.8) is 0 Å². The van der Waals surface area contributed by atoms with Crippen LogP contribution in [0.25, 0.3) is 0 Å². The SMILES string of the molecule is CCn1cc(C(C)NC(=O)c2[nH]ncc2Br)c(C)n1. The number of aromatic nitrogens is 4. The highest BCUT2D eigenvalue weighted by Gasteiger charge is 2.18. The molecule has 0 saturated carbocycles. The van der Waals surface area contributed by atoms with Gasteiger partial charge in [-0.2, -0.15) is 10.2 Å². The first-order valence-corrected chi connectivity index (χ1v) is 6.86. The monoisotopic (exact) mass is 325 g/mol. The molecule has 2 rings (SSSR count). The maximum Gasteiger partial charge on any atom is 0.270 e. The van der Waals surface area contributed by atoms with Crippen molar-refractivity contribution < 1.29 is 4.79 Å². The van der Waals surface area contributed by atoms with Gasteiger partial charge in [-0.3, -0.25) is 14.6 Å². The number of halogens is 1. The smallest absolute Gasteiger partial charge is 0.270 e. The molecule has 0 aliphatic heterocycles. The lowest BCUT2D eigenvalue weighted by molar-refractivity contribution is 0.0934. The predicted octanol–water partition coefficient (Wildman–Crippen LogP) is 2.19. The first kappa shape index (κ1) is 13.8. The summed E-state index contributed by atoms with van der Waals surface area (Å²) in [4.78, 5) is 12.1. The second-order valence-electron chi connectivity index (χ2n) is 4.31. The maximum atomic E-state index is 12.1. The lowest BCUT2D eigenvalue weighted by atomic mass is 10.1. The molecule has 0 aliphatic carbocycles. The van der Waals surface area contributed by atoms with Crippen LogP contribution >= 0.6 is 15.9 Å². The highest BCUT2D eigenvalue weighted by Crippen LogP contribution is 2.18. The van der Waals surface area contributed by atoms with E-state index in [0.717, 1.165) is 17.8 Å². The van der Waals surface area contributed by atoms with Gasteiger partial charge in [-0.25, -0.2) is 0 Å². The van der Waals surface area contributed by atoms with Gasteiger partial charge in [-0.05, 0) is 36.7 Å². The molecule has 1 atom stereocenters. The van der Waals surface area contributed by atoms with Crippen LogP contribution in [0.4, 0.5) is 0 Å². The third-order valence-corrected chi connectivity index (χ3v) is 3.54. The molecule has 1 amide bonds. The van der Waals surface area contributed by atoms with Gasteiger partial charge < -0.3 is 5.32 Å². The van der Waals surface area contributed by atoms with Crippen molar-refractivity contribution >= 4 is 21.8 Å². The highest BCUT2D eigenvalue weighted by atomic mass is 79.9. The van der Waals surface area contributed by atoms with Crippen LogP contribution in [-0.2, 0) is 6.54 Å². The molecular formula is C12H16BrN5O. The van der Waals surface area contributed by atoms with E-state index in [9.17, 15) is 4.79 Å². The van der Waals surface area contributed by atoms with Crippen LogP contribution in [0.15, 0.2) is 16.9 Å². The highest BCUT2D eigenvalue weighted by molar-refractivity contribution is 9.10. The molecule has 0 aromatic carbocycles. The molecule has 2 N–H and O–H groups in total. The van der Waals surface area contributed by atoms with E-state index in [1.54, 1.807) is 6.20 Å². The summed E-state index contributed by atoms with van der Waals surface area (Å²) < 4.78 is 2.51. The number of rotatable bonds is 4. The Balaban J connectivity index is 2.12. The van der Waals surface area contributed by atoms with Crippen LogP contribution in [0.3, 0.4) is 0 Å². The van der Waals surface area contributed by atoms with Crippen LogP contribution in [0.5, 0.6) is 0 Å². The summed E-state index contributed by atoms with van der Waals surface area (Å²) in [5.74, 6) is -0.194. The second kappa shape index (κ2) is 5.56. The summed E-state index contributed by atoms with van der Waals surface area (Å²) >= 11 is 3.27. The fraction of sp³-hybridized carbons (Fsp3) is 0.417. The summed E-state index contributed by atoms with van der Waals surface area (Å²) in [7, 11) is 0. The third-order valence-electron chi connectivity index (χ3n) is 2.94. The van der Waals surface area contributed by atoms with Gasteiger partial charge >= 0.3 is 0 Å². The maximum absolute atomic E-state index is 12.1. The minimum atomic E-state index is -0.194. The number of nitrogens with one attached hydrogen (secondary N) is 2. The molecular weight excluding hydrogens is 310 g/mol. The number of carbonyl (C=O) groups excluding carboxylic acids is 1. The molecule has 19 heavy (non-hydrogen) atoms. The van der Waals surface area contributed by atoms with Crippen molar-refractivity contribution in [1.29, 1.82) is 0 Å². The zero-order valence-corrected chi connectivity index (χ0v) is 12.7. The predicted molar refractivity (Wildman–Crippen MR) is 74.8 cm³/mol. The summed E-state index contributed by atoms with van der Waals surface area (Å²) in [5, 5.41) is 13.8. The Morgan fingerprint density at radius 2 is 2.37 bits per heavy atom. The lowest BCUT2D eigenvalue weighted by Gasteiger charge is -2.12. The van der Waals surface area contributed by atoms with Gasteiger partial charge in [0.1, 0.15) is 5.69 Å². The fourth-order valence-electron chi connectivity index (χ4n) is 1.90. The first-order valence-electron chi connectivity index (χ1n) is 6.06. The van der Waals surface area contributed by atoms with Crippen LogP contribution < -0.4 is 5.32 Å². The molecule has 2 aromatic rings. The minimum absolute atomic E-state index is 0.108. The largest absolute Gasteiger partial charge is 0.344 e. The molecule has 0 radical (unpaired) electrons. The molecule has 2 heterocycles. The second-order valence-corrected chi connectivity index (χ2v) is 5.17. The molecule has 6 nitrogen and oxygen atoms in total. The van der Waals surface area contributed by atoms with Crippen LogP contribution in [0, 0.1) is 6.92 Å². The number of aromatic amines is 1. The summed E-state index contributed by atoms with van der Waals surface area (Å²) in [6, 6.07) is -0.108. The van der Waals surface area contributed by atoms with Crippen LogP contribution in [0.1, 0.15) is 41.6 Å². The average molecular weight is 326 g/mol. The minimum Gasteiger partial charge on any atom is -0.344 e. The van der Waals surface area contributed by atoms with E-state index in [2.05, 4.69) is 36.5 Å². The molecule has 2 aromatic heterocycles. The third kappa shape index (κ3) is 2.86. The average Bonchev–Trinajstić information content (AvgIpc) is 2.95. The molecule has 0 spiro atoms. The topological polar surface area (TPSA) is 75.6 Å². The molecule has 0 saturated heterocycles. The standard InChI is InChI=1S/C12H16BrN5O/c1-4-18-6-9(8(3)17-18)7(2)15-12(19)11-10(13)5-14-16-11/h5-7H,4H2,1-3H3,(H,14,16)(H,15,19). The molecule has 102 valence electrons. The van der Waals surface area contributed by atoms with E-state index in [1.165, 1.54) is 0 Å². The van der Waals surface area contributed by atoms with Crippen LogP contribution in [-0.4, -0.2) is 25.9 Å². The Morgan fingerprint density at radius 3 is 2.89 bits per heavy atom. The molecule has 0 aliphatic rings. The van der Waals surface area contributed by atoms with Crippen molar-refractivity contribution in [1.82, 2.24) is 25.3 Å². The van der Waals surface area contributed by atoms with Gasteiger partial charge in [-0.1, -0.05) is 0 Å². The number of carbonyl (C=O) groups is 1. The first-order chi connectivity index (χ1) is 9.02. The van der Waals surface area contributed by atoms with E-state index in [-0.39, 0.29) is 11.9 Å². The Morgan fingerprint density at radius 1 is 1.63 bits per heavy atom. The number of H-pyrrole nitrogens is 1. The number of hydrogen-bond donors (Lipinski definition) is 2. The number of hydrogen-bond acceptors (Lipinski definition) is 3. The Hall–Kier alpha value is -1.63. The van der Waals surface area contributed by atoms with Gasteiger partial charge in [0.05, 0.1) is 22.4 Å². The zero-order valence-electron chi connectivity index (χ0n) is 11.1. The number of nitrogens with zero attached hydrogens (tertiary/aromatic N) is 3. The van der Waals surface area contributed by atoms with E-state index < -0.39 is 0 Å². The van der Waals surface area contributed by atoms with Crippen molar-refractivity contribution in [2.75, 3.05) is 0 Å². The Bertz CT molecular complexity index is 589. The van der Waals surface area contributed by atoms with Crippen LogP contribution in [0.2, 0.25) is 0 Å². The van der Waals surface area contributed by atoms with Gasteiger partial charge in [0.15, 0.2) is 0 Å². The number of aryl methyl sites for hydroxylation is 2. The molecule has 1 unspecified atom stereocenters. The Labute approximate surface area is 119 Å². The van der Waals surface area contributed by atoms with Crippen molar-refractivity contribution in [3.8, 4) is 0 Å².